The van der Waals surface area contributed by atoms with Gasteiger partial charge in [-0.05, 0) is 48.6 Å². The van der Waals surface area contributed by atoms with Crippen LogP contribution in [0.3, 0.4) is 0 Å². The maximum Gasteiger partial charge on any atom is 0.175 e. The minimum absolute atomic E-state index is 0.387. The molecule has 3 nitrogen and oxygen atoms in total. The van der Waals surface area contributed by atoms with Crippen LogP contribution in [0.15, 0.2) is 47.1 Å². The molecule has 92 valence electrons. The summed E-state index contributed by atoms with van der Waals surface area (Å²) in [6, 6.07) is 11.3. The molecule has 2 rings (SSSR count). The zero-order chi connectivity index (χ0) is 13.0. The van der Waals surface area contributed by atoms with Gasteiger partial charge in [-0.15, -0.1) is 0 Å². The van der Waals surface area contributed by atoms with Gasteiger partial charge in [0.2, 0.25) is 0 Å². The lowest BCUT2D eigenvalue weighted by Crippen LogP contribution is -2.19. The smallest absolute Gasteiger partial charge is 0.175 e. The molecule has 1 aromatic carbocycles. The first-order valence-electron chi connectivity index (χ1n) is 5.09. The van der Waals surface area contributed by atoms with E-state index in [9.17, 15) is 0 Å². The van der Waals surface area contributed by atoms with E-state index in [0.717, 1.165) is 10.2 Å². The summed E-state index contributed by atoms with van der Waals surface area (Å²) in [6.45, 7) is 0. The van der Waals surface area contributed by atoms with E-state index >= 15 is 0 Å². The molecule has 0 aliphatic carbocycles. The molecular formula is C12H9BrClN3S. The van der Waals surface area contributed by atoms with E-state index in [2.05, 4.69) is 31.5 Å². The molecule has 0 bridgehead atoms. The van der Waals surface area contributed by atoms with Crippen LogP contribution >= 0.6 is 39.7 Å². The van der Waals surface area contributed by atoms with Crippen LogP contribution in [0.1, 0.15) is 0 Å². The van der Waals surface area contributed by atoms with Gasteiger partial charge in [0.1, 0.15) is 0 Å². The highest BCUT2D eigenvalue weighted by atomic mass is 79.9. The molecule has 0 fully saturated rings. The number of anilines is 2. The molecule has 0 aliphatic heterocycles. The lowest BCUT2D eigenvalue weighted by atomic mass is 10.3. The first kappa shape index (κ1) is 13.3. The molecule has 0 amide bonds. The van der Waals surface area contributed by atoms with E-state index in [1.54, 1.807) is 12.3 Å². The van der Waals surface area contributed by atoms with Gasteiger partial charge in [-0.2, -0.15) is 0 Å². The summed E-state index contributed by atoms with van der Waals surface area (Å²) >= 11 is 14.5. The van der Waals surface area contributed by atoms with Gasteiger partial charge < -0.3 is 10.6 Å². The van der Waals surface area contributed by atoms with Gasteiger partial charge >= 0.3 is 0 Å². The third-order valence-corrected chi connectivity index (χ3v) is 3.14. The fourth-order valence-corrected chi connectivity index (χ4v) is 1.96. The molecule has 6 heteroatoms. The highest BCUT2D eigenvalue weighted by molar-refractivity contribution is 9.10. The van der Waals surface area contributed by atoms with Crippen molar-refractivity contribution in [1.29, 1.82) is 0 Å². The third-order valence-electron chi connectivity index (χ3n) is 2.11. The molecule has 2 N–H and O–H groups in total. The van der Waals surface area contributed by atoms with Crippen molar-refractivity contribution < 1.29 is 0 Å². The van der Waals surface area contributed by atoms with E-state index in [-0.39, 0.29) is 0 Å². The number of hydrogen-bond donors (Lipinski definition) is 2. The number of benzene rings is 1. The lowest BCUT2D eigenvalue weighted by molar-refractivity contribution is 1.33. The number of rotatable bonds is 2. The fourth-order valence-electron chi connectivity index (χ4n) is 1.30. The summed E-state index contributed by atoms with van der Waals surface area (Å²) in [5.41, 5.74) is 1.57. The summed E-state index contributed by atoms with van der Waals surface area (Å²) in [5.74, 6) is 0. The summed E-state index contributed by atoms with van der Waals surface area (Å²) in [6.07, 6.45) is 1.62. The Morgan fingerprint density at radius 2 is 1.89 bits per heavy atom. The van der Waals surface area contributed by atoms with Crippen LogP contribution in [-0.2, 0) is 0 Å². The monoisotopic (exact) mass is 341 g/mol. The van der Waals surface area contributed by atoms with Gasteiger partial charge in [0, 0.05) is 16.4 Å². The number of pyridine rings is 1. The Morgan fingerprint density at radius 3 is 2.56 bits per heavy atom. The Kier molecular flexibility index (Phi) is 4.52. The van der Waals surface area contributed by atoms with Crippen LogP contribution in [0, 0.1) is 0 Å². The van der Waals surface area contributed by atoms with E-state index in [1.165, 1.54) is 0 Å². The molecule has 0 radical (unpaired) electrons. The van der Waals surface area contributed by atoms with Crippen LogP contribution < -0.4 is 10.6 Å². The van der Waals surface area contributed by atoms with E-state index in [4.69, 9.17) is 23.8 Å². The highest BCUT2D eigenvalue weighted by Gasteiger charge is 2.02. The molecule has 0 unspecified atom stereocenters. The van der Waals surface area contributed by atoms with E-state index < -0.39 is 0 Å². The zero-order valence-corrected chi connectivity index (χ0v) is 12.3. The zero-order valence-electron chi connectivity index (χ0n) is 9.15. The van der Waals surface area contributed by atoms with Gasteiger partial charge in [0.05, 0.1) is 5.69 Å². The predicted molar refractivity (Wildman–Crippen MR) is 83.2 cm³/mol. The van der Waals surface area contributed by atoms with Crippen LogP contribution in [-0.4, -0.2) is 10.1 Å². The van der Waals surface area contributed by atoms with E-state index in [1.807, 2.05) is 30.3 Å². The van der Waals surface area contributed by atoms with Crippen molar-refractivity contribution in [2.75, 3.05) is 10.6 Å². The van der Waals surface area contributed by atoms with Crippen molar-refractivity contribution in [3.05, 3.63) is 52.2 Å². The summed E-state index contributed by atoms with van der Waals surface area (Å²) in [5, 5.41) is 6.90. The molecule has 1 aromatic heterocycles. The van der Waals surface area contributed by atoms with Crippen LogP contribution in [0.25, 0.3) is 0 Å². The number of aromatic nitrogens is 1. The largest absolute Gasteiger partial charge is 0.332 e. The molecule has 1 heterocycles. The van der Waals surface area contributed by atoms with Crippen molar-refractivity contribution in [2.24, 2.45) is 0 Å². The molecule has 0 spiro atoms. The molecule has 0 aliphatic rings. The molecule has 0 saturated carbocycles. The van der Waals surface area contributed by atoms with Gasteiger partial charge in [0.15, 0.2) is 10.3 Å². The van der Waals surface area contributed by atoms with Crippen molar-refractivity contribution in [1.82, 2.24) is 4.98 Å². The Balaban J connectivity index is 2.01. The quantitative estimate of drug-likeness (QED) is 0.630. The van der Waals surface area contributed by atoms with Crippen molar-refractivity contribution in [3.8, 4) is 0 Å². The Hall–Kier alpha value is -1.17. The fraction of sp³-hybridized carbons (Fsp3) is 0. The molecular weight excluding hydrogens is 334 g/mol. The Morgan fingerprint density at radius 1 is 1.17 bits per heavy atom. The lowest BCUT2D eigenvalue weighted by Gasteiger charge is -2.11. The average Bonchev–Trinajstić information content (AvgIpc) is 2.35. The molecule has 2 aromatic rings. The predicted octanol–water partition coefficient (Wildman–Crippen LogP) is 4.31. The number of nitrogens with zero attached hydrogens (tertiary/aromatic N) is 1. The minimum Gasteiger partial charge on any atom is -0.332 e. The SMILES string of the molecule is S=C(Nc1ccc(Br)cc1)Nc1cccnc1Cl. The maximum absolute atomic E-state index is 5.92. The van der Waals surface area contributed by atoms with Crippen molar-refractivity contribution in [3.63, 3.8) is 0 Å². The number of nitrogens with one attached hydrogen (secondary N) is 2. The van der Waals surface area contributed by atoms with Gasteiger partial charge in [0.25, 0.3) is 0 Å². The summed E-state index contributed by atoms with van der Waals surface area (Å²) in [7, 11) is 0. The molecule has 0 saturated heterocycles. The number of halogens is 2. The van der Waals surface area contributed by atoms with Gasteiger partial charge in [-0.25, -0.2) is 4.98 Å². The summed E-state index contributed by atoms with van der Waals surface area (Å²) < 4.78 is 1.02. The van der Waals surface area contributed by atoms with Crippen LogP contribution in [0.2, 0.25) is 5.15 Å². The van der Waals surface area contributed by atoms with Gasteiger partial charge in [-0.1, -0.05) is 27.5 Å². The van der Waals surface area contributed by atoms with Gasteiger partial charge in [-0.3, -0.25) is 0 Å². The highest BCUT2D eigenvalue weighted by Crippen LogP contribution is 2.18. The standard InChI is InChI=1S/C12H9BrClN3S/c13-8-3-5-9(6-4-8)16-12(18)17-10-2-1-7-15-11(10)14/h1-7H,(H2,16,17,18). The number of hydrogen-bond acceptors (Lipinski definition) is 2. The number of thiocarbonyl (C=S) groups is 1. The molecule has 18 heavy (non-hydrogen) atoms. The first-order chi connectivity index (χ1) is 8.65. The van der Waals surface area contributed by atoms with Crippen molar-refractivity contribution in [2.45, 2.75) is 0 Å². The second kappa shape index (κ2) is 6.13. The maximum atomic E-state index is 5.92. The third kappa shape index (κ3) is 3.66. The normalized spacial score (nSPS) is 9.89. The second-order valence-electron chi connectivity index (χ2n) is 3.43. The summed E-state index contributed by atoms with van der Waals surface area (Å²) in [4.78, 5) is 3.96. The Bertz CT molecular complexity index is 560. The van der Waals surface area contributed by atoms with Crippen molar-refractivity contribution >= 4 is 56.2 Å². The topological polar surface area (TPSA) is 37.0 Å². The molecule has 0 atom stereocenters. The first-order valence-corrected chi connectivity index (χ1v) is 6.67. The Labute approximate surface area is 124 Å². The minimum atomic E-state index is 0.387. The average molecular weight is 343 g/mol. The van der Waals surface area contributed by atoms with E-state index in [0.29, 0.717) is 16.0 Å². The van der Waals surface area contributed by atoms with Crippen LogP contribution in [0.5, 0.6) is 0 Å². The van der Waals surface area contributed by atoms with Crippen LogP contribution in [0.4, 0.5) is 11.4 Å². The second-order valence-corrected chi connectivity index (χ2v) is 5.11.